The molecule has 1 N–H and O–H groups in total. The first-order chi connectivity index (χ1) is 15.5. The number of hydrogen-bond acceptors (Lipinski definition) is 3. The van der Waals surface area contributed by atoms with Crippen LogP contribution in [-0.4, -0.2) is 26.2 Å². The zero-order valence-electron chi connectivity index (χ0n) is 18.5. The van der Waals surface area contributed by atoms with Crippen LogP contribution in [0.15, 0.2) is 60.7 Å². The lowest BCUT2D eigenvalue weighted by atomic mass is 9.98. The van der Waals surface area contributed by atoms with E-state index < -0.39 is 0 Å². The van der Waals surface area contributed by atoms with Crippen molar-refractivity contribution in [3.63, 3.8) is 0 Å². The molecule has 0 aromatic heterocycles. The third-order valence-corrected chi connectivity index (χ3v) is 5.78. The Bertz CT molecular complexity index is 1110. The van der Waals surface area contributed by atoms with E-state index in [-0.39, 0.29) is 11.7 Å². The predicted molar refractivity (Wildman–Crippen MR) is 124 cm³/mol. The zero-order chi connectivity index (χ0) is 22.5. The number of nitrogens with one attached hydrogen (secondary N) is 1. The zero-order valence-corrected chi connectivity index (χ0v) is 18.5. The van der Waals surface area contributed by atoms with Gasteiger partial charge in [0.1, 0.15) is 17.3 Å². The number of ether oxygens (including phenoxy) is 2. The normalized spacial score (nSPS) is 13.0. The first-order valence-corrected chi connectivity index (χ1v) is 11.0. The standard InChI is InChI=1S/C27H28FNO3/c1-18-15-22(31-2)10-11-23(18)21-9-12-26(32-17-19-7-8-19)24(16-21)27(30)29-14-13-20-5-3-4-6-25(20)28/h3-6,9-12,15-16,19H,7-8,13-14,17H2,1-2H3,(H,29,30). The van der Waals surface area contributed by atoms with Gasteiger partial charge in [-0.25, -0.2) is 4.39 Å². The summed E-state index contributed by atoms with van der Waals surface area (Å²) in [5.74, 6) is 1.47. The molecule has 0 unspecified atom stereocenters. The Morgan fingerprint density at radius 2 is 1.91 bits per heavy atom. The number of halogens is 1. The van der Waals surface area contributed by atoms with E-state index in [9.17, 15) is 9.18 Å². The highest BCUT2D eigenvalue weighted by molar-refractivity contribution is 5.98. The molecule has 0 spiro atoms. The van der Waals surface area contributed by atoms with Gasteiger partial charge in [-0.2, -0.15) is 0 Å². The lowest BCUT2D eigenvalue weighted by Crippen LogP contribution is -2.26. The summed E-state index contributed by atoms with van der Waals surface area (Å²) in [4.78, 5) is 13.1. The number of carbonyl (C=O) groups excluding carboxylic acids is 1. The van der Waals surface area contributed by atoms with E-state index in [0.717, 1.165) is 22.4 Å². The Hall–Kier alpha value is -3.34. The van der Waals surface area contributed by atoms with Crippen LogP contribution in [-0.2, 0) is 6.42 Å². The molecule has 1 fully saturated rings. The average Bonchev–Trinajstić information content (AvgIpc) is 3.63. The minimum absolute atomic E-state index is 0.222. The van der Waals surface area contributed by atoms with E-state index in [1.54, 1.807) is 25.3 Å². The fourth-order valence-corrected chi connectivity index (χ4v) is 3.69. The van der Waals surface area contributed by atoms with Crippen LogP contribution >= 0.6 is 0 Å². The van der Waals surface area contributed by atoms with Gasteiger partial charge in [-0.15, -0.1) is 0 Å². The highest BCUT2D eigenvalue weighted by Gasteiger charge is 2.23. The lowest BCUT2D eigenvalue weighted by Gasteiger charge is -2.15. The summed E-state index contributed by atoms with van der Waals surface area (Å²) in [5.41, 5.74) is 4.09. The third kappa shape index (κ3) is 5.28. The van der Waals surface area contributed by atoms with Crippen molar-refractivity contribution in [3.05, 3.63) is 83.2 Å². The molecule has 1 aliphatic carbocycles. The Balaban J connectivity index is 1.54. The fourth-order valence-electron chi connectivity index (χ4n) is 3.69. The van der Waals surface area contributed by atoms with E-state index in [1.807, 2.05) is 43.3 Å². The van der Waals surface area contributed by atoms with Crippen LogP contribution < -0.4 is 14.8 Å². The van der Waals surface area contributed by atoms with Gasteiger partial charge in [0.2, 0.25) is 0 Å². The summed E-state index contributed by atoms with van der Waals surface area (Å²) in [7, 11) is 1.64. The van der Waals surface area contributed by atoms with E-state index >= 15 is 0 Å². The second kappa shape index (κ2) is 9.86. The van der Waals surface area contributed by atoms with Crippen molar-refractivity contribution in [1.29, 1.82) is 0 Å². The van der Waals surface area contributed by atoms with Crippen LogP contribution in [0.4, 0.5) is 4.39 Å². The Kier molecular flexibility index (Phi) is 6.74. The molecule has 1 amide bonds. The van der Waals surface area contributed by atoms with Crippen molar-refractivity contribution in [2.24, 2.45) is 5.92 Å². The molecule has 0 saturated heterocycles. The number of rotatable bonds is 9. The van der Waals surface area contributed by atoms with Crippen LogP contribution in [0.3, 0.4) is 0 Å². The van der Waals surface area contributed by atoms with Crippen LogP contribution in [0, 0.1) is 18.7 Å². The number of carbonyl (C=O) groups is 1. The summed E-state index contributed by atoms with van der Waals surface area (Å²) in [5, 5.41) is 2.92. The molecule has 4 rings (SSSR count). The van der Waals surface area contributed by atoms with Crippen molar-refractivity contribution in [2.75, 3.05) is 20.3 Å². The molecular weight excluding hydrogens is 405 g/mol. The van der Waals surface area contributed by atoms with E-state index in [4.69, 9.17) is 9.47 Å². The summed E-state index contributed by atoms with van der Waals surface area (Å²) < 4.78 is 25.2. The smallest absolute Gasteiger partial charge is 0.255 e. The second-order valence-corrected chi connectivity index (χ2v) is 8.24. The maximum atomic E-state index is 13.9. The van der Waals surface area contributed by atoms with Crippen LogP contribution in [0.25, 0.3) is 11.1 Å². The van der Waals surface area contributed by atoms with Gasteiger partial charge >= 0.3 is 0 Å². The highest BCUT2D eigenvalue weighted by Crippen LogP contribution is 2.33. The Labute approximate surface area is 188 Å². The second-order valence-electron chi connectivity index (χ2n) is 8.24. The molecule has 3 aromatic rings. The monoisotopic (exact) mass is 433 g/mol. The average molecular weight is 434 g/mol. The van der Waals surface area contributed by atoms with Gasteiger partial charge in [-0.05, 0) is 84.7 Å². The van der Waals surface area contributed by atoms with E-state index in [2.05, 4.69) is 5.32 Å². The molecule has 0 heterocycles. The topological polar surface area (TPSA) is 47.6 Å². The van der Waals surface area contributed by atoms with Gasteiger partial charge in [-0.1, -0.05) is 30.3 Å². The minimum Gasteiger partial charge on any atom is -0.497 e. The molecule has 0 aliphatic heterocycles. The van der Waals surface area contributed by atoms with Crippen LogP contribution in [0.2, 0.25) is 0 Å². The van der Waals surface area contributed by atoms with Crippen LogP contribution in [0.1, 0.15) is 34.3 Å². The molecule has 5 heteroatoms. The highest BCUT2D eigenvalue weighted by atomic mass is 19.1. The van der Waals surface area contributed by atoms with E-state index in [0.29, 0.717) is 42.4 Å². The largest absolute Gasteiger partial charge is 0.497 e. The van der Waals surface area contributed by atoms with Gasteiger partial charge in [0.05, 0.1) is 19.3 Å². The third-order valence-electron chi connectivity index (χ3n) is 5.78. The molecule has 0 atom stereocenters. The van der Waals surface area contributed by atoms with Crippen molar-refractivity contribution in [1.82, 2.24) is 5.32 Å². The molecule has 0 bridgehead atoms. The number of aryl methyl sites for hydroxylation is 1. The first kappa shape index (κ1) is 21.9. The molecule has 3 aromatic carbocycles. The van der Waals surface area contributed by atoms with Crippen molar-refractivity contribution in [2.45, 2.75) is 26.2 Å². The first-order valence-electron chi connectivity index (χ1n) is 11.0. The number of amides is 1. The fraction of sp³-hybridized carbons (Fsp3) is 0.296. The molecular formula is C27H28FNO3. The molecule has 1 saturated carbocycles. The lowest BCUT2D eigenvalue weighted by molar-refractivity contribution is 0.0949. The van der Waals surface area contributed by atoms with Crippen molar-refractivity contribution in [3.8, 4) is 22.6 Å². The molecule has 32 heavy (non-hydrogen) atoms. The van der Waals surface area contributed by atoms with Gasteiger partial charge in [0.25, 0.3) is 5.91 Å². The maximum absolute atomic E-state index is 13.9. The summed E-state index contributed by atoms with van der Waals surface area (Å²) in [6.07, 6.45) is 2.77. The summed E-state index contributed by atoms with van der Waals surface area (Å²) >= 11 is 0. The van der Waals surface area contributed by atoms with Gasteiger partial charge in [0, 0.05) is 6.54 Å². The minimum atomic E-state index is -0.257. The number of hydrogen-bond donors (Lipinski definition) is 1. The van der Waals surface area contributed by atoms with Crippen molar-refractivity contribution >= 4 is 5.91 Å². The van der Waals surface area contributed by atoms with Gasteiger partial charge in [0.15, 0.2) is 0 Å². The van der Waals surface area contributed by atoms with E-state index in [1.165, 1.54) is 18.9 Å². The maximum Gasteiger partial charge on any atom is 0.255 e. The molecule has 166 valence electrons. The number of benzene rings is 3. The summed E-state index contributed by atoms with van der Waals surface area (Å²) in [6, 6.07) is 18.2. The van der Waals surface area contributed by atoms with Gasteiger partial charge in [-0.3, -0.25) is 4.79 Å². The predicted octanol–water partition coefficient (Wildman–Crippen LogP) is 5.57. The molecule has 4 nitrogen and oxygen atoms in total. The summed E-state index contributed by atoms with van der Waals surface area (Å²) in [6.45, 7) is 2.98. The SMILES string of the molecule is COc1ccc(-c2ccc(OCC3CC3)c(C(=O)NCCc3ccccc3F)c2)c(C)c1. The Morgan fingerprint density at radius 3 is 2.62 bits per heavy atom. The molecule has 0 radical (unpaired) electrons. The Morgan fingerprint density at radius 1 is 1.09 bits per heavy atom. The van der Waals surface area contributed by atoms with Gasteiger partial charge < -0.3 is 14.8 Å². The number of methoxy groups -OCH3 is 1. The van der Waals surface area contributed by atoms with Crippen LogP contribution in [0.5, 0.6) is 11.5 Å². The van der Waals surface area contributed by atoms with Crippen molar-refractivity contribution < 1.29 is 18.7 Å². The quantitative estimate of drug-likeness (QED) is 0.480. The molecule has 1 aliphatic rings.